The van der Waals surface area contributed by atoms with E-state index in [1.165, 1.54) is 11.1 Å². The molecule has 168 valence electrons. The van der Waals surface area contributed by atoms with E-state index < -0.39 is 0 Å². The molecule has 0 saturated carbocycles. The summed E-state index contributed by atoms with van der Waals surface area (Å²) in [4.78, 5) is 16.6. The minimum atomic E-state index is -0.329. The van der Waals surface area contributed by atoms with Gasteiger partial charge in [0.15, 0.2) is 5.96 Å². The molecule has 1 amide bonds. The predicted molar refractivity (Wildman–Crippen MR) is 137 cm³/mol. The highest BCUT2D eigenvalue weighted by atomic mass is 127. The number of carbonyl (C=O) groups excluding carboxylic acids is 1. The van der Waals surface area contributed by atoms with E-state index >= 15 is 0 Å². The Morgan fingerprint density at radius 1 is 1.19 bits per heavy atom. The highest BCUT2D eigenvalue weighted by Gasteiger charge is 2.23. The number of aryl methyl sites for hydroxylation is 1. The van der Waals surface area contributed by atoms with Crippen LogP contribution < -0.4 is 16.0 Å². The molecule has 3 N–H and O–H groups in total. The van der Waals surface area contributed by atoms with Crippen LogP contribution in [0.3, 0.4) is 0 Å². The molecule has 1 heterocycles. The number of nitrogens with one attached hydrogen (secondary N) is 3. The summed E-state index contributed by atoms with van der Waals surface area (Å²) < 4.78 is 5.45. The second-order valence-electron chi connectivity index (χ2n) is 7.81. The van der Waals surface area contributed by atoms with Crippen molar-refractivity contribution in [2.24, 2.45) is 4.99 Å². The van der Waals surface area contributed by atoms with Crippen LogP contribution in [0.2, 0.25) is 0 Å². The van der Waals surface area contributed by atoms with Crippen molar-refractivity contribution in [3.63, 3.8) is 0 Å². The lowest BCUT2D eigenvalue weighted by atomic mass is 9.99. The van der Waals surface area contributed by atoms with Crippen LogP contribution in [0.1, 0.15) is 42.4 Å². The molecule has 6 nitrogen and oxygen atoms in total. The lowest BCUT2D eigenvalue weighted by molar-refractivity contribution is -0.124. The van der Waals surface area contributed by atoms with Gasteiger partial charge in [-0.05, 0) is 48.9 Å². The fourth-order valence-corrected chi connectivity index (χ4v) is 3.52. The highest BCUT2D eigenvalue weighted by molar-refractivity contribution is 14.0. The summed E-state index contributed by atoms with van der Waals surface area (Å²) in [6.07, 6.45) is 1.40. The number of benzene rings is 2. The number of guanidine groups is 1. The van der Waals surface area contributed by atoms with Gasteiger partial charge in [-0.15, -0.1) is 24.0 Å². The molecule has 31 heavy (non-hydrogen) atoms. The summed E-state index contributed by atoms with van der Waals surface area (Å²) in [5, 5.41) is 9.69. The van der Waals surface area contributed by atoms with Crippen LogP contribution in [-0.2, 0) is 16.1 Å². The van der Waals surface area contributed by atoms with Crippen LogP contribution in [0.25, 0.3) is 0 Å². The fraction of sp³-hybridized carbons (Fsp3) is 0.417. The van der Waals surface area contributed by atoms with Crippen molar-refractivity contribution in [2.75, 3.05) is 25.5 Å². The van der Waals surface area contributed by atoms with Gasteiger partial charge >= 0.3 is 0 Å². The first-order valence-corrected chi connectivity index (χ1v) is 10.6. The third-order valence-corrected chi connectivity index (χ3v) is 5.29. The van der Waals surface area contributed by atoms with Gasteiger partial charge in [0.1, 0.15) is 6.10 Å². The second-order valence-corrected chi connectivity index (χ2v) is 7.81. The van der Waals surface area contributed by atoms with Crippen LogP contribution in [-0.4, -0.2) is 38.2 Å². The molecule has 0 bridgehead atoms. The Bertz CT molecular complexity index is 881. The molecular weight excluding hydrogens is 503 g/mol. The average molecular weight is 536 g/mol. The molecular formula is C24H33IN4O2. The number of halogens is 1. The van der Waals surface area contributed by atoms with Crippen molar-refractivity contribution in [3.8, 4) is 0 Å². The van der Waals surface area contributed by atoms with E-state index in [-0.39, 0.29) is 36.0 Å². The number of hydrogen-bond acceptors (Lipinski definition) is 3. The first-order valence-electron chi connectivity index (χ1n) is 10.6. The molecule has 0 spiro atoms. The van der Waals surface area contributed by atoms with Crippen molar-refractivity contribution in [1.82, 2.24) is 10.6 Å². The van der Waals surface area contributed by atoms with Gasteiger partial charge in [-0.3, -0.25) is 9.79 Å². The Kier molecular flexibility index (Phi) is 10.3. The van der Waals surface area contributed by atoms with Gasteiger partial charge in [-0.1, -0.05) is 48.9 Å². The molecule has 2 aromatic carbocycles. The normalized spacial score (nSPS) is 16.9. The maximum absolute atomic E-state index is 12.2. The maximum atomic E-state index is 12.2. The standard InChI is InChI=1S/C24H32N4O2.HI/c1-17-7-4-9-20(13-17)18(2)15-26-24(25-3)27-16-19-8-5-10-21(14-19)28-23(29)22-11-6-12-30-22;/h4-5,7-10,13-14,18,22H,6,11-12,15-16H2,1-3H3,(H,28,29)(H2,25,26,27);1H. The van der Waals surface area contributed by atoms with Gasteiger partial charge in [-0.25, -0.2) is 0 Å². The molecule has 1 fully saturated rings. The summed E-state index contributed by atoms with van der Waals surface area (Å²) in [7, 11) is 1.77. The van der Waals surface area contributed by atoms with Gasteiger partial charge in [0.05, 0.1) is 0 Å². The van der Waals surface area contributed by atoms with Crippen molar-refractivity contribution in [1.29, 1.82) is 0 Å². The van der Waals surface area contributed by atoms with Gasteiger partial charge in [0.2, 0.25) is 0 Å². The number of rotatable bonds is 7. The molecule has 1 aliphatic heterocycles. The summed E-state index contributed by atoms with van der Waals surface area (Å²) >= 11 is 0. The summed E-state index contributed by atoms with van der Waals surface area (Å²) in [6, 6.07) is 16.4. The molecule has 3 rings (SSSR count). The van der Waals surface area contributed by atoms with Crippen molar-refractivity contribution in [3.05, 3.63) is 65.2 Å². The quantitative estimate of drug-likeness (QED) is 0.282. The van der Waals surface area contributed by atoms with E-state index in [4.69, 9.17) is 4.74 Å². The van der Waals surface area contributed by atoms with E-state index in [0.717, 1.165) is 36.6 Å². The van der Waals surface area contributed by atoms with Crippen LogP contribution in [0, 0.1) is 6.92 Å². The zero-order chi connectivity index (χ0) is 21.3. The highest BCUT2D eigenvalue weighted by Crippen LogP contribution is 2.17. The topological polar surface area (TPSA) is 74.8 Å². The Morgan fingerprint density at radius 2 is 2.00 bits per heavy atom. The summed E-state index contributed by atoms with van der Waals surface area (Å²) in [5.41, 5.74) is 4.43. The van der Waals surface area contributed by atoms with E-state index in [2.05, 4.69) is 59.1 Å². The van der Waals surface area contributed by atoms with Crippen LogP contribution in [0.5, 0.6) is 0 Å². The van der Waals surface area contributed by atoms with E-state index in [0.29, 0.717) is 19.1 Å². The number of ether oxygens (including phenoxy) is 1. The SMILES string of the molecule is CN=C(NCc1cccc(NC(=O)C2CCCO2)c1)NCC(C)c1cccc(C)c1.I. The van der Waals surface area contributed by atoms with E-state index in [9.17, 15) is 4.79 Å². The van der Waals surface area contributed by atoms with Crippen LogP contribution in [0.15, 0.2) is 53.5 Å². The van der Waals surface area contributed by atoms with Crippen LogP contribution >= 0.6 is 24.0 Å². The molecule has 7 heteroatoms. The van der Waals surface area contributed by atoms with Crippen molar-refractivity contribution >= 4 is 41.5 Å². The largest absolute Gasteiger partial charge is 0.368 e. The molecule has 0 radical (unpaired) electrons. The lowest BCUT2D eigenvalue weighted by Gasteiger charge is -2.17. The number of anilines is 1. The molecule has 1 saturated heterocycles. The van der Waals surface area contributed by atoms with Gasteiger partial charge in [0.25, 0.3) is 5.91 Å². The van der Waals surface area contributed by atoms with Crippen molar-refractivity contribution < 1.29 is 9.53 Å². The Hall–Kier alpha value is -2.13. The summed E-state index contributed by atoms with van der Waals surface area (Å²) in [5.74, 6) is 1.06. The zero-order valence-corrected chi connectivity index (χ0v) is 20.8. The zero-order valence-electron chi connectivity index (χ0n) is 18.5. The van der Waals surface area contributed by atoms with E-state index in [1.54, 1.807) is 7.05 Å². The average Bonchev–Trinajstić information content (AvgIpc) is 3.29. The van der Waals surface area contributed by atoms with E-state index in [1.807, 2.05) is 24.3 Å². The Balaban J connectivity index is 0.00000341. The fourth-order valence-electron chi connectivity index (χ4n) is 3.52. The molecule has 0 aromatic heterocycles. The number of aliphatic imine (C=N–C) groups is 1. The number of amides is 1. The first-order chi connectivity index (χ1) is 14.5. The lowest BCUT2D eigenvalue weighted by Crippen LogP contribution is -2.38. The molecule has 2 aromatic rings. The summed E-state index contributed by atoms with van der Waals surface area (Å²) in [6.45, 7) is 6.39. The monoisotopic (exact) mass is 536 g/mol. The minimum Gasteiger partial charge on any atom is -0.368 e. The third kappa shape index (κ3) is 7.81. The maximum Gasteiger partial charge on any atom is 0.253 e. The smallest absolute Gasteiger partial charge is 0.253 e. The van der Waals surface area contributed by atoms with Gasteiger partial charge in [-0.2, -0.15) is 0 Å². The van der Waals surface area contributed by atoms with Gasteiger partial charge < -0.3 is 20.7 Å². The number of hydrogen-bond donors (Lipinski definition) is 3. The Labute approximate surface area is 202 Å². The number of carbonyl (C=O) groups is 1. The molecule has 2 unspecified atom stereocenters. The minimum absolute atomic E-state index is 0. The van der Waals surface area contributed by atoms with Crippen molar-refractivity contribution in [2.45, 2.75) is 45.3 Å². The Morgan fingerprint density at radius 3 is 2.71 bits per heavy atom. The third-order valence-electron chi connectivity index (χ3n) is 5.29. The molecule has 1 aliphatic rings. The van der Waals surface area contributed by atoms with Crippen LogP contribution in [0.4, 0.5) is 5.69 Å². The predicted octanol–water partition coefficient (Wildman–Crippen LogP) is 4.20. The molecule has 0 aliphatic carbocycles. The van der Waals surface area contributed by atoms with Gasteiger partial charge in [0, 0.05) is 32.4 Å². The first kappa shape index (κ1) is 25.1. The molecule has 2 atom stereocenters. The number of nitrogens with zero attached hydrogens (tertiary/aromatic N) is 1. The second kappa shape index (κ2) is 12.7.